The first-order valence-corrected chi connectivity index (χ1v) is 10.7. The zero-order valence-electron chi connectivity index (χ0n) is 17.8. The van der Waals surface area contributed by atoms with Crippen LogP contribution in [-0.4, -0.2) is 33.1 Å². The Hall–Kier alpha value is -2.40. The number of rotatable bonds is 3. The average molecular weight is 391 g/mol. The molecule has 0 radical (unpaired) electrons. The summed E-state index contributed by atoms with van der Waals surface area (Å²) in [6.45, 7) is 8.02. The number of aromatic nitrogens is 3. The van der Waals surface area contributed by atoms with Gasteiger partial charge in [-0.25, -0.2) is 0 Å². The molecule has 3 aromatic rings. The first kappa shape index (κ1) is 18.6. The lowest BCUT2D eigenvalue weighted by Crippen LogP contribution is -2.21. The van der Waals surface area contributed by atoms with Gasteiger partial charge in [-0.2, -0.15) is 0 Å². The molecule has 0 spiro atoms. The van der Waals surface area contributed by atoms with Gasteiger partial charge in [0.2, 0.25) is 0 Å². The summed E-state index contributed by atoms with van der Waals surface area (Å²) in [4.78, 5) is 2.39. The largest absolute Gasteiger partial charge is 0.484 e. The molecule has 0 unspecified atom stereocenters. The zero-order chi connectivity index (χ0) is 20.2. The number of nitrogens with zero attached hydrogens (tertiary/aromatic N) is 4. The van der Waals surface area contributed by atoms with Gasteiger partial charge < -0.3 is 4.74 Å². The Balaban J connectivity index is 1.46. The van der Waals surface area contributed by atoms with Crippen LogP contribution in [0.3, 0.4) is 0 Å². The average Bonchev–Trinajstić information content (AvgIpc) is 3.23. The van der Waals surface area contributed by atoms with Crippen molar-refractivity contribution in [3.05, 3.63) is 59.5 Å². The standard InChI is InChI=1S/C24H30N4O/c1-16-9-11-21(19-8-6-5-7-18(16)19)29-17-10-12-22-25-26-23(28(22)14-17)20-13-24(2,3)15-27(20)4/h5-8,10,12,14,16,20-21H,9,11,13,15H2,1-4H3/t16-,20-,21+/m0/s1. The van der Waals surface area contributed by atoms with E-state index in [1.807, 2.05) is 12.1 Å². The second-order valence-electron chi connectivity index (χ2n) is 9.66. The van der Waals surface area contributed by atoms with Crippen LogP contribution < -0.4 is 4.74 Å². The number of fused-ring (bicyclic) bond motifs is 2. The van der Waals surface area contributed by atoms with Crippen LogP contribution in [0.2, 0.25) is 0 Å². The lowest BCUT2D eigenvalue weighted by atomic mass is 9.82. The number of hydrogen-bond acceptors (Lipinski definition) is 4. The monoisotopic (exact) mass is 390 g/mol. The molecule has 29 heavy (non-hydrogen) atoms. The van der Waals surface area contributed by atoms with Crippen molar-refractivity contribution in [1.82, 2.24) is 19.5 Å². The molecule has 0 N–H and O–H groups in total. The fourth-order valence-electron chi connectivity index (χ4n) is 5.26. The Morgan fingerprint density at radius 1 is 1.03 bits per heavy atom. The van der Waals surface area contributed by atoms with Gasteiger partial charge in [0.15, 0.2) is 11.5 Å². The zero-order valence-corrected chi connectivity index (χ0v) is 17.8. The van der Waals surface area contributed by atoms with E-state index >= 15 is 0 Å². The molecule has 1 saturated heterocycles. The summed E-state index contributed by atoms with van der Waals surface area (Å²) in [6, 6.07) is 13.0. The van der Waals surface area contributed by atoms with Gasteiger partial charge in [0.1, 0.15) is 11.9 Å². The van der Waals surface area contributed by atoms with Crippen LogP contribution in [0.4, 0.5) is 0 Å². The van der Waals surface area contributed by atoms with Gasteiger partial charge in [-0.05, 0) is 60.9 Å². The molecule has 2 aliphatic rings. The van der Waals surface area contributed by atoms with Crippen LogP contribution in [0, 0.1) is 5.41 Å². The molecular formula is C24H30N4O. The molecule has 0 bridgehead atoms. The van der Waals surface area contributed by atoms with Crippen LogP contribution >= 0.6 is 0 Å². The van der Waals surface area contributed by atoms with Crippen molar-refractivity contribution in [1.29, 1.82) is 0 Å². The summed E-state index contributed by atoms with van der Waals surface area (Å²) in [5, 5.41) is 8.95. The van der Waals surface area contributed by atoms with E-state index in [9.17, 15) is 0 Å². The highest BCUT2D eigenvalue weighted by molar-refractivity contribution is 5.43. The quantitative estimate of drug-likeness (QED) is 0.620. The molecule has 152 valence electrons. The minimum absolute atomic E-state index is 0.105. The molecule has 5 nitrogen and oxygen atoms in total. The molecule has 0 amide bonds. The molecule has 3 heterocycles. The predicted octanol–water partition coefficient (Wildman–Crippen LogP) is 5.15. The lowest BCUT2D eigenvalue weighted by Gasteiger charge is -2.30. The molecule has 5 heteroatoms. The first-order valence-electron chi connectivity index (χ1n) is 10.7. The van der Waals surface area contributed by atoms with Gasteiger partial charge in [0.05, 0.1) is 12.2 Å². The molecule has 3 atom stereocenters. The van der Waals surface area contributed by atoms with Crippen molar-refractivity contribution >= 4 is 5.65 Å². The van der Waals surface area contributed by atoms with Gasteiger partial charge in [-0.15, -0.1) is 10.2 Å². The van der Waals surface area contributed by atoms with Crippen molar-refractivity contribution in [2.24, 2.45) is 5.41 Å². The maximum atomic E-state index is 6.50. The number of pyridine rings is 1. The van der Waals surface area contributed by atoms with Gasteiger partial charge in [-0.1, -0.05) is 45.0 Å². The summed E-state index contributed by atoms with van der Waals surface area (Å²) < 4.78 is 8.62. The topological polar surface area (TPSA) is 42.7 Å². The Morgan fingerprint density at radius 2 is 1.83 bits per heavy atom. The molecule has 1 fully saturated rings. The SMILES string of the molecule is C[C@H]1CC[C@@H](Oc2ccc3nnc([C@@H]4CC(C)(C)CN4C)n3c2)c2ccccc21. The van der Waals surface area contributed by atoms with Gasteiger partial charge in [0.25, 0.3) is 0 Å². The van der Waals surface area contributed by atoms with Crippen molar-refractivity contribution in [2.45, 2.75) is 58.1 Å². The number of benzene rings is 1. The lowest BCUT2D eigenvalue weighted by molar-refractivity contribution is 0.177. The Labute approximate surface area is 172 Å². The minimum Gasteiger partial charge on any atom is -0.484 e. The number of ether oxygens (including phenoxy) is 1. The molecule has 1 aromatic carbocycles. The summed E-state index contributed by atoms with van der Waals surface area (Å²) in [5.41, 5.74) is 3.92. The van der Waals surface area contributed by atoms with E-state index in [4.69, 9.17) is 4.74 Å². The third kappa shape index (κ3) is 3.31. The third-order valence-electron chi connectivity index (χ3n) is 6.67. The highest BCUT2D eigenvalue weighted by atomic mass is 16.5. The van der Waals surface area contributed by atoms with Crippen molar-refractivity contribution in [3.63, 3.8) is 0 Å². The number of likely N-dealkylation sites (tertiary alicyclic amines) is 1. The normalized spacial score (nSPS) is 26.6. The Morgan fingerprint density at radius 3 is 2.59 bits per heavy atom. The predicted molar refractivity (Wildman–Crippen MR) is 114 cm³/mol. The van der Waals surface area contributed by atoms with Gasteiger partial charge >= 0.3 is 0 Å². The third-order valence-corrected chi connectivity index (χ3v) is 6.67. The minimum atomic E-state index is 0.105. The Bertz CT molecular complexity index is 1040. The van der Waals surface area contributed by atoms with Crippen molar-refractivity contribution in [3.8, 4) is 5.75 Å². The molecule has 2 aromatic heterocycles. The van der Waals surface area contributed by atoms with Crippen LogP contribution in [0.15, 0.2) is 42.6 Å². The van der Waals surface area contributed by atoms with E-state index in [-0.39, 0.29) is 12.1 Å². The van der Waals surface area contributed by atoms with Crippen LogP contribution in [-0.2, 0) is 0 Å². The van der Waals surface area contributed by atoms with Gasteiger partial charge in [-0.3, -0.25) is 9.30 Å². The van der Waals surface area contributed by atoms with Crippen molar-refractivity contribution in [2.75, 3.05) is 13.6 Å². The Kier molecular flexibility index (Phi) is 4.39. The fourth-order valence-corrected chi connectivity index (χ4v) is 5.26. The van der Waals surface area contributed by atoms with Crippen LogP contribution in [0.5, 0.6) is 5.75 Å². The maximum Gasteiger partial charge on any atom is 0.161 e. The summed E-state index contributed by atoms with van der Waals surface area (Å²) >= 11 is 0. The van der Waals surface area contributed by atoms with E-state index in [1.165, 1.54) is 11.1 Å². The smallest absolute Gasteiger partial charge is 0.161 e. The summed E-state index contributed by atoms with van der Waals surface area (Å²) in [5.74, 6) is 2.49. The molecule has 1 aliphatic heterocycles. The highest BCUT2D eigenvalue weighted by Gasteiger charge is 2.38. The second kappa shape index (κ2) is 6.84. The molecule has 5 rings (SSSR count). The van der Waals surface area contributed by atoms with E-state index in [2.05, 4.69) is 77.8 Å². The second-order valence-corrected chi connectivity index (χ2v) is 9.66. The summed E-state index contributed by atoms with van der Waals surface area (Å²) in [6.07, 6.45) is 5.47. The maximum absolute atomic E-state index is 6.50. The first-order chi connectivity index (χ1) is 13.9. The fraction of sp³-hybridized carbons (Fsp3) is 0.500. The molecular weight excluding hydrogens is 360 g/mol. The van der Waals surface area contributed by atoms with Crippen molar-refractivity contribution < 1.29 is 4.74 Å². The summed E-state index contributed by atoms with van der Waals surface area (Å²) in [7, 11) is 2.18. The number of hydrogen-bond donors (Lipinski definition) is 0. The molecule has 1 aliphatic carbocycles. The van der Waals surface area contributed by atoms with E-state index < -0.39 is 0 Å². The van der Waals surface area contributed by atoms with E-state index in [0.717, 1.165) is 43.0 Å². The highest BCUT2D eigenvalue weighted by Crippen LogP contribution is 2.42. The van der Waals surface area contributed by atoms with Gasteiger partial charge in [0, 0.05) is 6.54 Å². The van der Waals surface area contributed by atoms with E-state index in [1.54, 1.807) is 0 Å². The molecule has 0 saturated carbocycles. The van der Waals surface area contributed by atoms with Crippen LogP contribution in [0.25, 0.3) is 5.65 Å². The van der Waals surface area contributed by atoms with E-state index in [0.29, 0.717) is 11.3 Å². The van der Waals surface area contributed by atoms with Crippen LogP contribution in [0.1, 0.15) is 75.0 Å².